The number of hydrogen-bond donors (Lipinski definition) is 1. The molecule has 17 heavy (non-hydrogen) atoms. The van der Waals surface area contributed by atoms with Crippen molar-refractivity contribution in [3.63, 3.8) is 0 Å². The largest absolute Gasteiger partial charge is 0.388 e. The average molecular weight is 273 g/mol. The Labute approximate surface area is 107 Å². The molecular weight excluding hydrogens is 258 g/mol. The van der Waals surface area contributed by atoms with E-state index in [1.165, 1.54) is 6.26 Å². The Bertz CT molecular complexity index is 514. The molecule has 2 N–H and O–H groups in total. The summed E-state index contributed by atoms with van der Waals surface area (Å²) in [5.41, 5.74) is 6.81. The van der Waals surface area contributed by atoms with Crippen LogP contribution < -0.4 is 10.6 Å². The Morgan fingerprint density at radius 3 is 2.76 bits per heavy atom. The quantitative estimate of drug-likeness (QED) is 0.772. The zero-order chi connectivity index (χ0) is 13.1. The van der Waals surface area contributed by atoms with Crippen molar-refractivity contribution in [3.05, 3.63) is 24.0 Å². The number of sulfone groups is 1. The van der Waals surface area contributed by atoms with Gasteiger partial charge in [-0.25, -0.2) is 8.42 Å². The minimum Gasteiger partial charge on any atom is -0.388 e. The summed E-state index contributed by atoms with van der Waals surface area (Å²) in [4.78, 5) is 6.07. The molecule has 1 rings (SSSR count). The van der Waals surface area contributed by atoms with Crippen LogP contribution in [0.15, 0.2) is 18.3 Å². The molecule has 0 aromatic carbocycles. The Morgan fingerprint density at radius 2 is 2.24 bits per heavy atom. The summed E-state index contributed by atoms with van der Waals surface area (Å²) in [6.45, 7) is 0.375. The molecule has 0 bridgehead atoms. The molecule has 1 aromatic rings. The van der Waals surface area contributed by atoms with Crippen molar-refractivity contribution in [3.8, 4) is 0 Å². The van der Waals surface area contributed by atoms with Crippen molar-refractivity contribution in [2.45, 2.75) is 0 Å². The third-order valence-electron chi connectivity index (χ3n) is 2.23. The Hall–Kier alpha value is -1.21. The van der Waals surface area contributed by atoms with Crippen molar-refractivity contribution >= 4 is 32.7 Å². The highest BCUT2D eigenvalue weighted by molar-refractivity contribution is 7.90. The molecule has 7 heteroatoms. The molecule has 5 nitrogen and oxygen atoms in total. The summed E-state index contributed by atoms with van der Waals surface area (Å²) in [6, 6.07) is 3.57. The van der Waals surface area contributed by atoms with Gasteiger partial charge in [0, 0.05) is 26.0 Å². The van der Waals surface area contributed by atoms with Crippen molar-refractivity contribution in [2.24, 2.45) is 5.73 Å². The second-order valence-electron chi connectivity index (χ2n) is 3.79. The van der Waals surface area contributed by atoms with E-state index in [1.807, 2.05) is 6.07 Å². The van der Waals surface area contributed by atoms with E-state index in [0.29, 0.717) is 12.2 Å². The van der Waals surface area contributed by atoms with E-state index in [0.717, 1.165) is 5.69 Å². The summed E-state index contributed by atoms with van der Waals surface area (Å²) >= 11 is 4.90. The molecule has 0 fully saturated rings. The van der Waals surface area contributed by atoms with E-state index in [9.17, 15) is 8.42 Å². The van der Waals surface area contributed by atoms with Crippen LogP contribution in [0.25, 0.3) is 0 Å². The third kappa shape index (κ3) is 4.27. The molecule has 0 atom stereocenters. The lowest BCUT2D eigenvalue weighted by Gasteiger charge is -2.20. The predicted octanol–water partition coefficient (Wildman–Crippen LogP) is 0.197. The van der Waals surface area contributed by atoms with E-state index < -0.39 is 9.84 Å². The van der Waals surface area contributed by atoms with Gasteiger partial charge in [-0.3, -0.25) is 4.98 Å². The minimum absolute atomic E-state index is 0.0785. The van der Waals surface area contributed by atoms with Gasteiger partial charge in [0.15, 0.2) is 0 Å². The summed E-state index contributed by atoms with van der Waals surface area (Å²) in [6.07, 6.45) is 2.81. The van der Waals surface area contributed by atoms with Gasteiger partial charge in [0.05, 0.1) is 11.4 Å². The van der Waals surface area contributed by atoms with E-state index >= 15 is 0 Å². The van der Waals surface area contributed by atoms with Crippen molar-refractivity contribution in [1.29, 1.82) is 0 Å². The summed E-state index contributed by atoms with van der Waals surface area (Å²) in [5, 5.41) is 0. The fourth-order valence-electron chi connectivity index (χ4n) is 1.32. The van der Waals surface area contributed by atoms with Gasteiger partial charge in [-0.2, -0.15) is 0 Å². The molecule has 1 aromatic heterocycles. The number of aromatic nitrogens is 1. The lowest BCUT2D eigenvalue weighted by atomic mass is 10.2. The van der Waals surface area contributed by atoms with Crippen LogP contribution in [-0.4, -0.2) is 44.0 Å². The first-order valence-electron chi connectivity index (χ1n) is 4.95. The highest BCUT2D eigenvalue weighted by atomic mass is 32.2. The van der Waals surface area contributed by atoms with Crippen LogP contribution in [0.1, 0.15) is 5.69 Å². The first kappa shape index (κ1) is 13.9. The molecule has 1 heterocycles. The maximum absolute atomic E-state index is 11.1. The van der Waals surface area contributed by atoms with Crippen molar-refractivity contribution in [2.75, 3.05) is 30.5 Å². The van der Waals surface area contributed by atoms with Crippen molar-refractivity contribution in [1.82, 2.24) is 4.98 Å². The van der Waals surface area contributed by atoms with Crippen LogP contribution in [0, 0.1) is 0 Å². The lowest BCUT2D eigenvalue weighted by Crippen LogP contribution is -2.27. The van der Waals surface area contributed by atoms with Crippen LogP contribution in [0.5, 0.6) is 0 Å². The SMILES string of the molecule is CN(CCS(C)(=O)=O)c1cccnc1C(N)=S. The van der Waals surface area contributed by atoms with Crippen LogP contribution in [0.2, 0.25) is 0 Å². The second-order valence-corrected chi connectivity index (χ2v) is 6.49. The Morgan fingerprint density at radius 1 is 1.59 bits per heavy atom. The molecular formula is C10H15N3O2S2. The molecule has 0 amide bonds. The van der Waals surface area contributed by atoms with Crippen LogP contribution >= 0.6 is 12.2 Å². The van der Waals surface area contributed by atoms with Gasteiger partial charge in [0.2, 0.25) is 0 Å². The van der Waals surface area contributed by atoms with Gasteiger partial charge in [-0.1, -0.05) is 12.2 Å². The Kier molecular flexibility index (Phi) is 4.41. The number of anilines is 1. The van der Waals surface area contributed by atoms with Crippen LogP contribution in [0.3, 0.4) is 0 Å². The summed E-state index contributed by atoms with van der Waals surface area (Å²) in [5.74, 6) is 0.0785. The molecule has 0 radical (unpaired) electrons. The first-order valence-corrected chi connectivity index (χ1v) is 7.42. The standard InChI is InChI=1S/C10H15N3O2S2/c1-13(6-7-17(2,14)15)8-4-3-5-12-9(8)10(11)16/h3-5H,6-7H2,1-2H3,(H2,11,16). The molecule has 0 aliphatic heterocycles. The molecule has 0 unspecified atom stereocenters. The highest BCUT2D eigenvalue weighted by Crippen LogP contribution is 2.16. The monoisotopic (exact) mass is 273 g/mol. The number of nitrogens with two attached hydrogens (primary N) is 1. The fraction of sp³-hybridized carbons (Fsp3) is 0.400. The predicted molar refractivity (Wildman–Crippen MR) is 73.1 cm³/mol. The first-order chi connectivity index (χ1) is 7.81. The molecule has 0 saturated heterocycles. The minimum atomic E-state index is -2.99. The number of hydrogen-bond acceptors (Lipinski definition) is 5. The van der Waals surface area contributed by atoms with Crippen LogP contribution in [-0.2, 0) is 9.84 Å². The Balaban J connectivity index is 2.89. The van der Waals surface area contributed by atoms with Gasteiger partial charge >= 0.3 is 0 Å². The van der Waals surface area contributed by atoms with Gasteiger partial charge in [-0.15, -0.1) is 0 Å². The molecule has 0 aliphatic carbocycles. The van der Waals surface area contributed by atoms with E-state index in [2.05, 4.69) is 4.98 Å². The van der Waals surface area contributed by atoms with Gasteiger partial charge < -0.3 is 10.6 Å². The molecule has 0 spiro atoms. The zero-order valence-corrected chi connectivity index (χ0v) is 11.4. The lowest BCUT2D eigenvalue weighted by molar-refractivity contribution is 0.601. The van der Waals surface area contributed by atoms with E-state index in [-0.39, 0.29) is 10.7 Å². The number of rotatable bonds is 5. The van der Waals surface area contributed by atoms with Gasteiger partial charge in [0.25, 0.3) is 0 Å². The average Bonchev–Trinajstić information content (AvgIpc) is 2.25. The van der Waals surface area contributed by atoms with Gasteiger partial charge in [-0.05, 0) is 12.1 Å². The van der Waals surface area contributed by atoms with Crippen LogP contribution in [0.4, 0.5) is 5.69 Å². The second kappa shape index (κ2) is 5.42. The zero-order valence-electron chi connectivity index (χ0n) is 9.75. The summed E-state index contributed by atoms with van der Waals surface area (Å²) < 4.78 is 22.2. The third-order valence-corrected chi connectivity index (χ3v) is 3.35. The fourth-order valence-corrected chi connectivity index (χ4v) is 2.08. The van der Waals surface area contributed by atoms with Crippen molar-refractivity contribution < 1.29 is 8.42 Å². The number of nitrogens with zero attached hydrogens (tertiary/aromatic N) is 2. The normalized spacial score (nSPS) is 11.2. The smallest absolute Gasteiger partial charge is 0.149 e. The summed E-state index contributed by atoms with van der Waals surface area (Å²) in [7, 11) is -1.20. The maximum atomic E-state index is 11.1. The molecule has 0 saturated carbocycles. The molecule has 0 aliphatic rings. The van der Waals surface area contributed by atoms with E-state index in [4.69, 9.17) is 18.0 Å². The maximum Gasteiger partial charge on any atom is 0.149 e. The van der Waals surface area contributed by atoms with Gasteiger partial charge in [0.1, 0.15) is 20.5 Å². The highest BCUT2D eigenvalue weighted by Gasteiger charge is 2.12. The number of thiocarbonyl (C=S) groups is 1. The van der Waals surface area contributed by atoms with E-state index in [1.54, 1.807) is 24.2 Å². The molecule has 94 valence electrons. The number of pyridine rings is 1. The topological polar surface area (TPSA) is 76.3 Å².